The number of amides is 1. The second-order valence-corrected chi connectivity index (χ2v) is 3.26. The standard InChI is InChI=1S/C9H13N3O/c13-9(7-3-5-10-6-7)12-8-2-1-4-11-8/h1-2,4,7,10-11H,3,5-6H2,(H,12,13). The summed E-state index contributed by atoms with van der Waals surface area (Å²) in [5.41, 5.74) is 0. The molecule has 13 heavy (non-hydrogen) atoms. The van der Waals surface area contributed by atoms with Crippen LogP contribution in [0.2, 0.25) is 0 Å². The van der Waals surface area contributed by atoms with Crippen LogP contribution in [0, 0.1) is 5.92 Å². The molecule has 4 heteroatoms. The van der Waals surface area contributed by atoms with Gasteiger partial charge < -0.3 is 15.6 Å². The monoisotopic (exact) mass is 179 g/mol. The number of hydrogen-bond acceptors (Lipinski definition) is 2. The van der Waals surface area contributed by atoms with Gasteiger partial charge in [0.1, 0.15) is 5.82 Å². The highest BCUT2D eigenvalue weighted by atomic mass is 16.2. The van der Waals surface area contributed by atoms with Crippen LogP contribution >= 0.6 is 0 Å². The fourth-order valence-electron chi connectivity index (χ4n) is 1.52. The number of aromatic nitrogens is 1. The van der Waals surface area contributed by atoms with Gasteiger partial charge in [0.05, 0.1) is 5.92 Å². The molecule has 0 aliphatic carbocycles. The molecule has 4 nitrogen and oxygen atoms in total. The summed E-state index contributed by atoms with van der Waals surface area (Å²) < 4.78 is 0. The molecule has 0 saturated carbocycles. The van der Waals surface area contributed by atoms with Gasteiger partial charge in [-0.3, -0.25) is 4.79 Å². The summed E-state index contributed by atoms with van der Waals surface area (Å²) in [5, 5.41) is 5.99. The Hall–Kier alpha value is -1.29. The Balaban J connectivity index is 1.91. The number of nitrogens with one attached hydrogen (secondary N) is 3. The zero-order chi connectivity index (χ0) is 9.10. The lowest BCUT2D eigenvalue weighted by molar-refractivity contribution is -0.119. The third-order valence-corrected chi connectivity index (χ3v) is 2.29. The molecule has 1 fully saturated rings. The highest BCUT2D eigenvalue weighted by Crippen LogP contribution is 2.10. The predicted octanol–water partition coefficient (Wildman–Crippen LogP) is 0.563. The number of carbonyl (C=O) groups excluding carboxylic acids is 1. The van der Waals surface area contributed by atoms with E-state index in [1.165, 1.54) is 0 Å². The number of anilines is 1. The Morgan fingerprint density at radius 3 is 3.15 bits per heavy atom. The number of rotatable bonds is 2. The number of H-pyrrole nitrogens is 1. The van der Waals surface area contributed by atoms with E-state index in [1.54, 1.807) is 6.20 Å². The van der Waals surface area contributed by atoms with E-state index in [2.05, 4.69) is 15.6 Å². The average Bonchev–Trinajstić information content (AvgIpc) is 2.74. The lowest BCUT2D eigenvalue weighted by atomic mass is 10.1. The summed E-state index contributed by atoms with van der Waals surface area (Å²) in [5.74, 6) is 1.01. The molecule has 1 amide bonds. The molecule has 2 rings (SSSR count). The zero-order valence-corrected chi connectivity index (χ0v) is 7.34. The van der Waals surface area contributed by atoms with Crippen molar-refractivity contribution in [3.05, 3.63) is 18.3 Å². The van der Waals surface area contributed by atoms with E-state index in [0.717, 1.165) is 25.3 Å². The molecule has 70 valence electrons. The van der Waals surface area contributed by atoms with Crippen molar-refractivity contribution in [3.63, 3.8) is 0 Å². The average molecular weight is 179 g/mol. The number of hydrogen-bond donors (Lipinski definition) is 3. The van der Waals surface area contributed by atoms with E-state index in [1.807, 2.05) is 12.1 Å². The van der Waals surface area contributed by atoms with Crippen molar-refractivity contribution < 1.29 is 4.79 Å². The molecule has 0 aromatic carbocycles. The number of aromatic amines is 1. The van der Waals surface area contributed by atoms with Gasteiger partial charge in [-0.1, -0.05) is 0 Å². The van der Waals surface area contributed by atoms with Gasteiger partial charge in [-0.2, -0.15) is 0 Å². The zero-order valence-electron chi connectivity index (χ0n) is 7.34. The Morgan fingerprint density at radius 2 is 2.54 bits per heavy atom. The molecule has 0 radical (unpaired) electrons. The van der Waals surface area contributed by atoms with Gasteiger partial charge in [0.25, 0.3) is 0 Å². The van der Waals surface area contributed by atoms with Gasteiger partial charge in [0.15, 0.2) is 0 Å². The topological polar surface area (TPSA) is 56.9 Å². The van der Waals surface area contributed by atoms with Crippen molar-refractivity contribution in [1.29, 1.82) is 0 Å². The third-order valence-electron chi connectivity index (χ3n) is 2.29. The van der Waals surface area contributed by atoms with E-state index in [0.29, 0.717) is 0 Å². The normalized spacial score (nSPS) is 21.7. The number of carbonyl (C=O) groups is 1. The first-order valence-corrected chi connectivity index (χ1v) is 4.51. The largest absolute Gasteiger partial charge is 0.348 e. The van der Waals surface area contributed by atoms with Crippen molar-refractivity contribution in [2.75, 3.05) is 18.4 Å². The minimum Gasteiger partial charge on any atom is -0.348 e. The van der Waals surface area contributed by atoms with Crippen LogP contribution in [0.25, 0.3) is 0 Å². The van der Waals surface area contributed by atoms with Gasteiger partial charge in [-0.05, 0) is 25.1 Å². The van der Waals surface area contributed by atoms with E-state index < -0.39 is 0 Å². The van der Waals surface area contributed by atoms with Gasteiger partial charge in [0.2, 0.25) is 5.91 Å². The second-order valence-electron chi connectivity index (χ2n) is 3.26. The summed E-state index contributed by atoms with van der Waals surface area (Å²) in [4.78, 5) is 14.5. The molecule has 0 bridgehead atoms. The molecule has 1 saturated heterocycles. The second kappa shape index (κ2) is 3.62. The Kier molecular flexibility index (Phi) is 2.31. The molecule has 0 spiro atoms. The first-order chi connectivity index (χ1) is 6.36. The lowest BCUT2D eigenvalue weighted by Gasteiger charge is -2.07. The highest BCUT2D eigenvalue weighted by Gasteiger charge is 2.22. The first kappa shape index (κ1) is 8.31. The van der Waals surface area contributed by atoms with E-state index in [9.17, 15) is 4.79 Å². The van der Waals surface area contributed by atoms with E-state index in [4.69, 9.17) is 0 Å². The minimum atomic E-state index is 0.104. The Labute approximate surface area is 76.7 Å². The van der Waals surface area contributed by atoms with Crippen LogP contribution in [0.5, 0.6) is 0 Å². The van der Waals surface area contributed by atoms with E-state index >= 15 is 0 Å². The molecule has 3 N–H and O–H groups in total. The summed E-state index contributed by atoms with van der Waals surface area (Å²) in [6.45, 7) is 1.75. The molecule has 1 aromatic rings. The summed E-state index contributed by atoms with van der Waals surface area (Å²) in [6, 6.07) is 3.71. The maximum Gasteiger partial charge on any atom is 0.229 e. The maximum atomic E-state index is 11.5. The highest BCUT2D eigenvalue weighted by molar-refractivity contribution is 5.92. The predicted molar refractivity (Wildman–Crippen MR) is 50.4 cm³/mol. The van der Waals surface area contributed by atoms with Gasteiger partial charge in [-0.15, -0.1) is 0 Å². The molecular weight excluding hydrogens is 166 g/mol. The van der Waals surface area contributed by atoms with Crippen molar-refractivity contribution in [2.45, 2.75) is 6.42 Å². The van der Waals surface area contributed by atoms with Crippen LogP contribution in [-0.4, -0.2) is 24.0 Å². The van der Waals surface area contributed by atoms with E-state index in [-0.39, 0.29) is 11.8 Å². The summed E-state index contributed by atoms with van der Waals surface area (Å²) in [7, 11) is 0. The first-order valence-electron chi connectivity index (χ1n) is 4.51. The van der Waals surface area contributed by atoms with Crippen LogP contribution in [0.15, 0.2) is 18.3 Å². The van der Waals surface area contributed by atoms with Gasteiger partial charge >= 0.3 is 0 Å². The van der Waals surface area contributed by atoms with Gasteiger partial charge in [-0.25, -0.2) is 0 Å². The quantitative estimate of drug-likeness (QED) is 0.621. The Bertz CT molecular complexity index is 275. The van der Waals surface area contributed by atoms with Gasteiger partial charge in [0, 0.05) is 12.7 Å². The molecule has 1 atom stereocenters. The third kappa shape index (κ3) is 1.89. The maximum absolute atomic E-state index is 11.5. The molecule has 2 heterocycles. The lowest BCUT2D eigenvalue weighted by Crippen LogP contribution is -2.24. The molecule has 1 unspecified atom stereocenters. The van der Waals surface area contributed by atoms with Crippen LogP contribution < -0.4 is 10.6 Å². The van der Waals surface area contributed by atoms with Crippen molar-refractivity contribution in [2.24, 2.45) is 5.92 Å². The summed E-state index contributed by atoms with van der Waals surface area (Å²) in [6.07, 6.45) is 2.73. The van der Waals surface area contributed by atoms with Crippen LogP contribution in [0.1, 0.15) is 6.42 Å². The van der Waals surface area contributed by atoms with Crippen molar-refractivity contribution in [3.8, 4) is 0 Å². The van der Waals surface area contributed by atoms with Crippen molar-refractivity contribution >= 4 is 11.7 Å². The molecule has 1 aliphatic rings. The fourth-order valence-corrected chi connectivity index (χ4v) is 1.52. The fraction of sp³-hybridized carbons (Fsp3) is 0.444. The van der Waals surface area contributed by atoms with Crippen LogP contribution in [-0.2, 0) is 4.79 Å². The van der Waals surface area contributed by atoms with Crippen LogP contribution in [0.4, 0.5) is 5.82 Å². The molecule has 1 aromatic heterocycles. The van der Waals surface area contributed by atoms with Crippen molar-refractivity contribution in [1.82, 2.24) is 10.3 Å². The van der Waals surface area contributed by atoms with Crippen LogP contribution in [0.3, 0.4) is 0 Å². The minimum absolute atomic E-state index is 0.104. The molecule has 1 aliphatic heterocycles. The SMILES string of the molecule is O=C(Nc1ccc[nH]1)C1CCNC1. The smallest absolute Gasteiger partial charge is 0.229 e. The molecular formula is C9H13N3O. The summed E-state index contributed by atoms with van der Waals surface area (Å²) >= 11 is 0. The Morgan fingerprint density at radius 1 is 1.62 bits per heavy atom.